The van der Waals surface area contributed by atoms with Crippen molar-refractivity contribution in [1.29, 1.82) is 0 Å². The number of hydrogen-bond acceptors (Lipinski definition) is 2. The van der Waals surface area contributed by atoms with Crippen molar-refractivity contribution in [1.82, 2.24) is 14.9 Å². The Balaban J connectivity index is 1.41. The van der Waals surface area contributed by atoms with Crippen molar-refractivity contribution in [3.8, 4) is 11.1 Å². The molecule has 0 saturated heterocycles. The lowest BCUT2D eigenvalue weighted by Crippen LogP contribution is -2.23. The Morgan fingerprint density at radius 2 is 1.93 bits per heavy atom. The molecule has 1 aliphatic rings. The number of halogens is 1. The highest BCUT2D eigenvalue weighted by Crippen LogP contribution is 2.27. The molecule has 0 fully saturated rings. The zero-order chi connectivity index (χ0) is 18.4. The van der Waals surface area contributed by atoms with E-state index in [-0.39, 0.29) is 18.3 Å². The minimum atomic E-state index is -0.309. The van der Waals surface area contributed by atoms with E-state index in [1.54, 1.807) is 29.3 Å². The van der Waals surface area contributed by atoms with Crippen molar-refractivity contribution in [3.63, 3.8) is 0 Å². The molecule has 0 saturated carbocycles. The standard InChI is InChI=1S/C22H16FN3O/c23-19-10-15(16-4-3-14-7-9-25-20(14)11-16)5-6-17(19)12-26-13-21-18(22(26)27)2-1-8-24-21/h1-11,25H,12-13H2. The van der Waals surface area contributed by atoms with Gasteiger partial charge in [-0.25, -0.2) is 4.39 Å². The lowest BCUT2D eigenvalue weighted by Gasteiger charge is -2.16. The van der Waals surface area contributed by atoms with E-state index in [1.807, 2.05) is 36.5 Å². The molecule has 2 aromatic heterocycles. The van der Waals surface area contributed by atoms with Gasteiger partial charge in [0.1, 0.15) is 5.82 Å². The van der Waals surface area contributed by atoms with Crippen LogP contribution in [0.25, 0.3) is 22.0 Å². The number of amides is 1. The van der Waals surface area contributed by atoms with Crippen LogP contribution in [-0.2, 0) is 13.1 Å². The predicted molar refractivity (Wildman–Crippen MR) is 102 cm³/mol. The second-order valence-corrected chi connectivity index (χ2v) is 6.74. The zero-order valence-corrected chi connectivity index (χ0v) is 14.4. The summed E-state index contributed by atoms with van der Waals surface area (Å²) in [7, 11) is 0. The van der Waals surface area contributed by atoms with E-state index in [1.165, 1.54) is 6.07 Å². The maximum atomic E-state index is 14.7. The number of rotatable bonds is 3. The molecule has 4 nitrogen and oxygen atoms in total. The van der Waals surface area contributed by atoms with Crippen LogP contribution in [0.5, 0.6) is 0 Å². The number of H-pyrrole nitrogens is 1. The number of benzene rings is 2. The molecule has 27 heavy (non-hydrogen) atoms. The summed E-state index contributed by atoms with van der Waals surface area (Å²) in [4.78, 5) is 21.5. The summed E-state index contributed by atoms with van der Waals surface area (Å²) in [6.45, 7) is 0.649. The van der Waals surface area contributed by atoms with Gasteiger partial charge in [0.05, 0.1) is 17.8 Å². The molecule has 0 spiro atoms. The number of carbonyl (C=O) groups is 1. The Labute approximate surface area is 155 Å². The fourth-order valence-corrected chi connectivity index (χ4v) is 3.60. The first-order valence-corrected chi connectivity index (χ1v) is 8.78. The van der Waals surface area contributed by atoms with Crippen LogP contribution in [0.4, 0.5) is 4.39 Å². The molecule has 0 atom stereocenters. The van der Waals surface area contributed by atoms with E-state index in [4.69, 9.17) is 0 Å². The maximum Gasteiger partial charge on any atom is 0.256 e. The summed E-state index contributed by atoms with van der Waals surface area (Å²) in [6, 6.07) is 16.7. The zero-order valence-electron chi connectivity index (χ0n) is 14.4. The number of aromatic amines is 1. The molecule has 0 aliphatic carbocycles. The first-order valence-electron chi connectivity index (χ1n) is 8.78. The molecule has 0 unspecified atom stereocenters. The minimum absolute atomic E-state index is 0.0984. The lowest BCUT2D eigenvalue weighted by atomic mass is 10.0. The Morgan fingerprint density at radius 3 is 2.78 bits per heavy atom. The molecule has 1 aliphatic heterocycles. The first-order chi connectivity index (χ1) is 13.2. The molecule has 0 radical (unpaired) electrons. The summed E-state index contributed by atoms with van der Waals surface area (Å²) in [5, 5.41) is 1.12. The molecule has 5 heteroatoms. The highest BCUT2D eigenvalue weighted by Gasteiger charge is 2.28. The van der Waals surface area contributed by atoms with Gasteiger partial charge >= 0.3 is 0 Å². The van der Waals surface area contributed by atoms with Crippen LogP contribution < -0.4 is 0 Å². The van der Waals surface area contributed by atoms with Gasteiger partial charge in [-0.3, -0.25) is 9.78 Å². The average molecular weight is 357 g/mol. The number of nitrogens with one attached hydrogen (secondary N) is 1. The Hall–Kier alpha value is -3.47. The van der Waals surface area contributed by atoms with Crippen LogP contribution in [0.2, 0.25) is 0 Å². The second kappa shape index (κ2) is 6.06. The normalized spacial score (nSPS) is 13.4. The number of carbonyl (C=O) groups excluding carboxylic acids is 1. The summed E-state index contributed by atoms with van der Waals surface area (Å²) in [5.41, 5.74) is 4.63. The van der Waals surface area contributed by atoms with Crippen molar-refractivity contribution in [2.75, 3.05) is 0 Å². The van der Waals surface area contributed by atoms with Gasteiger partial charge in [-0.15, -0.1) is 0 Å². The topological polar surface area (TPSA) is 49.0 Å². The Kier molecular flexibility index (Phi) is 3.53. The smallest absolute Gasteiger partial charge is 0.256 e. The number of hydrogen-bond donors (Lipinski definition) is 1. The maximum absolute atomic E-state index is 14.7. The van der Waals surface area contributed by atoms with Gasteiger partial charge in [0, 0.05) is 30.0 Å². The highest BCUT2D eigenvalue weighted by molar-refractivity contribution is 5.97. The first kappa shape index (κ1) is 15.8. The van der Waals surface area contributed by atoms with Crippen LogP contribution in [0.15, 0.2) is 67.0 Å². The van der Waals surface area contributed by atoms with E-state index >= 15 is 0 Å². The third kappa shape index (κ3) is 2.68. The molecular weight excluding hydrogens is 341 g/mol. The SMILES string of the molecule is O=C1c2cccnc2CN1Cc1ccc(-c2ccc3cc[nH]c3c2)cc1F. The van der Waals surface area contributed by atoms with E-state index in [2.05, 4.69) is 9.97 Å². The second-order valence-electron chi connectivity index (χ2n) is 6.74. The number of nitrogens with zero attached hydrogens (tertiary/aromatic N) is 2. The summed E-state index contributed by atoms with van der Waals surface area (Å²) in [5.74, 6) is -0.408. The summed E-state index contributed by atoms with van der Waals surface area (Å²) >= 11 is 0. The highest BCUT2D eigenvalue weighted by atomic mass is 19.1. The Morgan fingerprint density at radius 1 is 1.07 bits per heavy atom. The van der Waals surface area contributed by atoms with Gasteiger partial charge in [0.25, 0.3) is 5.91 Å². The van der Waals surface area contributed by atoms with Crippen LogP contribution in [0.1, 0.15) is 21.6 Å². The van der Waals surface area contributed by atoms with E-state index in [9.17, 15) is 9.18 Å². The number of fused-ring (bicyclic) bond motifs is 2. The van der Waals surface area contributed by atoms with Crippen LogP contribution >= 0.6 is 0 Å². The monoisotopic (exact) mass is 357 g/mol. The fraction of sp³-hybridized carbons (Fsp3) is 0.0909. The third-order valence-corrected chi connectivity index (χ3v) is 5.05. The van der Waals surface area contributed by atoms with Crippen molar-refractivity contribution in [2.24, 2.45) is 0 Å². The van der Waals surface area contributed by atoms with E-state index < -0.39 is 0 Å². The van der Waals surface area contributed by atoms with E-state index in [0.717, 1.165) is 27.7 Å². The van der Waals surface area contributed by atoms with Crippen molar-refractivity contribution in [2.45, 2.75) is 13.1 Å². The quantitative estimate of drug-likeness (QED) is 0.586. The van der Waals surface area contributed by atoms with Gasteiger partial charge in [0.15, 0.2) is 0 Å². The summed E-state index contributed by atoms with van der Waals surface area (Å²) < 4.78 is 14.7. The van der Waals surface area contributed by atoms with Crippen molar-refractivity contribution in [3.05, 3.63) is 89.6 Å². The molecule has 1 N–H and O–H groups in total. The minimum Gasteiger partial charge on any atom is -0.361 e. The number of aromatic nitrogens is 2. The fourth-order valence-electron chi connectivity index (χ4n) is 3.60. The van der Waals surface area contributed by atoms with Gasteiger partial charge in [0.2, 0.25) is 0 Å². The Bertz CT molecular complexity index is 1180. The summed E-state index contributed by atoms with van der Waals surface area (Å²) in [6.07, 6.45) is 3.56. The molecule has 132 valence electrons. The predicted octanol–water partition coefficient (Wildman–Crippen LogP) is 4.53. The molecule has 1 amide bonds. The third-order valence-electron chi connectivity index (χ3n) is 5.05. The molecule has 3 heterocycles. The van der Waals surface area contributed by atoms with Gasteiger partial charge < -0.3 is 9.88 Å². The van der Waals surface area contributed by atoms with Crippen LogP contribution in [0.3, 0.4) is 0 Å². The molecule has 5 rings (SSSR count). The van der Waals surface area contributed by atoms with Crippen molar-refractivity contribution < 1.29 is 9.18 Å². The average Bonchev–Trinajstić information content (AvgIpc) is 3.28. The largest absolute Gasteiger partial charge is 0.361 e. The van der Waals surface area contributed by atoms with Gasteiger partial charge in [-0.1, -0.05) is 24.3 Å². The molecular formula is C22H16FN3O. The molecule has 2 aromatic carbocycles. The van der Waals surface area contributed by atoms with Crippen LogP contribution in [0, 0.1) is 5.82 Å². The van der Waals surface area contributed by atoms with Crippen LogP contribution in [-0.4, -0.2) is 20.8 Å². The molecule has 0 bridgehead atoms. The van der Waals surface area contributed by atoms with Gasteiger partial charge in [-0.05, 0) is 46.8 Å². The number of pyridine rings is 1. The van der Waals surface area contributed by atoms with E-state index in [0.29, 0.717) is 17.7 Å². The molecule has 4 aromatic rings. The van der Waals surface area contributed by atoms with Gasteiger partial charge in [-0.2, -0.15) is 0 Å². The van der Waals surface area contributed by atoms with Crippen molar-refractivity contribution >= 4 is 16.8 Å². The lowest BCUT2D eigenvalue weighted by molar-refractivity contribution is 0.0765.